The zero-order valence-electron chi connectivity index (χ0n) is 11.8. The minimum absolute atomic E-state index is 0.0472. The number of thioether (sulfide) groups is 1. The van der Waals surface area contributed by atoms with Gasteiger partial charge in [-0.05, 0) is 31.5 Å². The molecular weight excluding hydrogens is 266 g/mol. The average Bonchev–Trinajstić information content (AvgIpc) is 2.44. The fourth-order valence-electron chi connectivity index (χ4n) is 1.78. The van der Waals surface area contributed by atoms with Crippen LogP contribution in [0.2, 0.25) is 0 Å². The number of carbonyl (C=O) groups is 1. The average molecular weight is 285 g/mol. The number of anilines is 1. The first kappa shape index (κ1) is 14.7. The van der Waals surface area contributed by atoms with Crippen molar-refractivity contribution >= 4 is 23.4 Å². The largest absolute Gasteiger partial charge is 0.325 e. The minimum Gasteiger partial charge on any atom is -0.325 e. The van der Waals surface area contributed by atoms with E-state index in [4.69, 9.17) is 0 Å². The first-order chi connectivity index (χ1) is 9.63. The van der Waals surface area contributed by atoms with Crippen LogP contribution in [0, 0.1) is 13.8 Å². The van der Waals surface area contributed by atoms with E-state index < -0.39 is 0 Å². The molecule has 0 saturated heterocycles. The van der Waals surface area contributed by atoms with Gasteiger partial charge in [-0.1, -0.05) is 47.5 Å². The highest BCUT2D eigenvalue weighted by Crippen LogP contribution is 2.14. The van der Waals surface area contributed by atoms with Crippen molar-refractivity contribution in [2.75, 3.05) is 11.1 Å². The first-order valence-electron chi connectivity index (χ1n) is 6.63. The molecule has 0 aliphatic rings. The quantitative estimate of drug-likeness (QED) is 0.893. The topological polar surface area (TPSA) is 29.1 Å². The summed E-state index contributed by atoms with van der Waals surface area (Å²) in [4.78, 5) is 11.8. The van der Waals surface area contributed by atoms with Crippen molar-refractivity contribution < 1.29 is 4.79 Å². The molecular formula is C17H19NOS. The highest BCUT2D eigenvalue weighted by Gasteiger charge is 2.03. The molecule has 0 atom stereocenters. The summed E-state index contributed by atoms with van der Waals surface area (Å²) in [5, 5.41) is 2.90. The molecule has 0 bridgehead atoms. The van der Waals surface area contributed by atoms with Crippen LogP contribution in [0.15, 0.2) is 48.5 Å². The maximum Gasteiger partial charge on any atom is 0.234 e. The van der Waals surface area contributed by atoms with Gasteiger partial charge in [0.2, 0.25) is 5.91 Å². The smallest absolute Gasteiger partial charge is 0.234 e. The van der Waals surface area contributed by atoms with Crippen molar-refractivity contribution in [2.24, 2.45) is 0 Å². The molecule has 2 rings (SSSR count). The Morgan fingerprint density at radius 1 is 0.950 bits per heavy atom. The molecule has 0 unspecified atom stereocenters. The normalized spacial score (nSPS) is 10.3. The van der Waals surface area contributed by atoms with Gasteiger partial charge < -0.3 is 5.32 Å². The van der Waals surface area contributed by atoms with Gasteiger partial charge in [0.05, 0.1) is 5.75 Å². The van der Waals surface area contributed by atoms with Crippen LogP contribution in [0.1, 0.15) is 16.7 Å². The van der Waals surface area contributed by atoms with E-state index in [1.807, 2.05) is 31.2 Å². The molecule has 0 spiro atoms. The van der Waals surface area contributed by atoms with E-state index >= 15 is 0 Å². The van der Waals surface area contributed by atoms with Crippen molar-refractivity contribution in [3.05, 3.63) is 65.2 Å². The summed E-state index contributed by atoms with van der Waals surface area (Å²) in [7, 11) is 0. The molecule has 0 radical (unpaired) electrons. The van der Waals surface area contributed by atoms with Crippen molar-refractivity contribution in [3.63, 3.8) is 0 Å². The molecule has 2 nitrogen and oxygen atoms in total. The van der Waals surface area contributed by atoms with Crippen LogP contribution < -0.4 is 5.32 Å². The second kappa shape index (κ2) is 7.15. The summed E-state index contributed by atoms with van der Waals surface area (Å²) in [6.45, 7) is 4.11. The van der Waals surface area contributed by atoms with Crippen LogP contribution in [0.4, 0.5) is 5.69 Å². The van der Waals surface area contributed by atoms with Gasteiger partial charge in [0, 0.05) is 11.4 Å². The third-order valence-electron chi connectivity index (χ3n) is 2.96. The number of aryl methyl sites for hydroxylation is 2. The lowest BCUT2D eigenvalue weighted by atomic mass is 10.2. The minimum atomic E-state index is 0.0472. The third-order valence-corrected chi connectivity index (χ3v) is 3.96. The van der Waals surface area contributed by atoms with Crippen LogP contribution in [-0.2, 0) is 10.5 Å². The Kier molecular flexibility index (Phi) is 5.24. The van der Waals surface area contributed by atoms with Crippen LogP contribution in [0.3, 0.4) is 0 Å². The summed E-state index contributed by atoms with van der Waals surface area (Å²) in [6, 6.07) is 16.3. The van der Waals surface area contributed by atoms with Gasteiger partial charge in [0.15, 0.2) is 0 Å². The van der Waals surface area contributed by atoms with Crippen LogP contribution in [-0.4, -0.2) is 11.7 Å². The molecule has 104 valence electrons. The van der Waals surface area contributed by atoms with Crippen molar-refractivity contribution in [1.29, 1.82) is 0 Å². The molecule has 0 aliphatic heterocycles. The summed E-state index contributed by atoms with van der Waals surface area (Å²) in [5.41, 5.74) is 4.56. The molecule has 3 heteroatoms. The number of benzene rings is 2. The fourth-order valence-corrected chi connectivity index (χ4v) is 2.57. The van der Waals surface area contributed by atoms with Gasteiger partial charge in [-0.2, -0.15) is 0 Å². The Hall–Kier alpha value is -1.74. The molecule has 1 amide bonds. The van der Waals surface area contributed by atoms with Gasteiger partial charge >= 0.3 is 0 Å². The van der Waals surface area contributed by atoms with Crippen molar-refractivity contribution in [1.82, 2.24) is 0 Å². The molecule has 20 heavy (non-hydrogen) atoms. The molecule has 1 N–H and O–H groups in total. The molecule has 0 saturated carbocycles. The lowest BCUT2D eigenvalue weighted by molar-refractivity contribution is -0.113. The van der Waals surface area contributed by atoms with Crippen molar-refractivity contribution in [2.45, 2.75) is 19.6 Å². The Labute approximate surface area is 124 Å². The standard InChI is InChI=1S/C17H19NOS/c1-13-3-7-15(8-4-13)11-20-12-17(19)18-16-9-5-14(2)6-10-16/h3-10H,11-12H2,1-2H3,(H,18,19). The molecule has 2 aromatic carbocycles. The number of rotatable bonds is 5. The summed E-state index contributed by atoms with van der Waals surface area (Å²) in [5.74, 6) is 1.38. The monoisotopic (exact) mass is 285 g/mol. The van der Waals surface area contributed by atoms with Gasteiger partial charge in [-0.3, -0.25) is 4.79 Å². The van der Waals surface area contributed by atoms with E-state index in [1.54, 1.807) is 11.8 Å². The van der Waals surface area contributed by atoms with Gasteiger partial charge in [0.1, 0.15) is 0 Å². The summed E-state index contributed by atoms with van der Waals surface area (Å²) >= 11 is 1.63. The lowest BCUT2D eigenvalue weighted by Crippen LogP contribution is -2.14. The Morgan fingerprint density at radius 3 is 2.10 bits per heavy atom. The zero-order chi connectivity index (χ0) is 14.4. The predicted molar refractivity (Wildman–Crippen MR) is 87.1 cm³/mol. The van der Waals surface area contributed by atoms with E-state index in [1.165, 1.54) is 16.7 Å². The molecule has 0 fully saturated rings. The molecule has 0 aliphatic carbocycles. The van der Waals surface area contributed by atoms with Crippen LogP contribution in [0.5, 0.6) is 0 Å². The summed E-state index contributed by atoms with van der Waals surface area (Å²) < 4.78 is 0. The molecule has 0 heterocycles. The third kappa shape index (κ3) is 4.74. The Morgan fingerprint density at radius 2 is 1.50 bits per heavy atom. The molecule has 2 aromatic rings. The van der Waals surface area contributed by atoms with E-state index in [-0.39, 0.29) is 5.91 Å². The predicted octanol–water partition coefficient (Wildman–Crippen LogP) is 4.18. The Bertz CT molecular complexity index is 561. The maximum absolute atomic E-state index is 11.8. The highest BCUT2D eigenvalue weighted by molar-refractivity contribution is 7.99. The zero-order valence-corrected chi connectivity index (χ0v) is 12.7. The van der Waals surface area contributed by atoms with Gasteiger partial charge in [-0.15, -0.1) is 11.8 Å². The summed E-state index contributed by atoms with van der Waals surface area (Å²) in [6.07, 6.45) is 0. The van der Waals surface area contributed by atoms with Gasteiger partial charge in [0.25, 0.3) is 0 Å². The highest BCUT2D eigenvalue weighted by atomic mass is 32.2. The van der Waals surface area contributed by atoms with E-state index in [0.29, 0.717) is 5.75 Å². The van der Waals surface area contributed by atoms with Crippen molar-refractivity contribution in [3.8, 4) is 0 Å². The number of carbonyl (C=O) groups excluding carboxylic acids is 1. The first-order valence-corrected chi connectivity index (χ1v) is 7.79. The number of hydrogen-bond acceptors (Lipinski definition) is 2. The number of amides is 1. The second-order valence-corrected chi connectivity index (χ2v) is 5.88. The fraction of sp³-hybridized carbons (Fsp3) is 0.235. The van der Waals surface area contributed by atoms with Crippen LogP contribution in [0.25, 0.3) is 0 Å². The van der Waals surface area contributed by atoms with E-state index in [0.717, 1.165) is 11.4 Å². The Balaban J connectivity index is 1.75. The van der Waals surface area contributed by atoms with E-state index in [9.17, 15) is 4.79 Å². The molecule has 0 aromatic heterocycles. The SMILES string of the molecule is Cc1ccc(CSCC(=O)Nc2ccc(C)cc2)cc1. The van der Waals surface area contributed by atoms with Gasteiger partial charge in [-0.25, -0.2) is 0 Å². The van der Waals surface area contributed by atoms with Crippen LogP contribution >= 0.6 is 11.8 Å². The maximum atomic E-state index is 11.8. The number of hydrogen-bond donors (Lipinski definition) is 1. The second-order valence-electron chi connectivity index (χ2n) is 4.89. The lowest BCUT2D eigenvalue weighted by Gasteiger charge is -2.06. The van der Waals surface area contributed by atoms with E-state index in [2.05, 4.69) is 36.5 Å². The number of nitrogens with one attached hydrogen (secondary N) is 1.